The summed E-state index contributed by atoms with van der Waals surface area (Å²) in [5.74, 6) is -0.300. The summed E-state index contributed by atoms with van der Waals surface area (Å²) in [6.07, 6.45) is 0.193. The Hall–Kier alpha value is -2.16. The summed E-state index contributed by atoms with van der Waals surface area (Å²) in [5.41, 5.74) is -0.684. The number of nitrogens with zero attached hydrogens (tertiary/aromatic N) is 1. The van der Waals surface area contributed by atoms with Gasteiger partial charge in [0.2, 0.25) is 10.0 Å². The number of hydrogen-bond donors (Lipinski definition) is 1. The number of non-ortho nitro benzene ring substituents is 1. The first-order chi connectivity index (χ1) is 16.0. The fourth-order valence-corrected chi connectivity index (χ4v) is 3.40. The number of nitro benzene ring substituents is 1. The topological polar surface area (TPSA) is 153 Å². The van der Waals surface area contributed by atoms with Gasteiger partial charge in [-0.2, -0.15) is 0 Å². The van der Waals surface area contributed by atoms with Crippen LogP contribution in [0.2, 0.25) is 0 Å². The Balaban J connectivity index is 1.94. The second-order valence-corrected chi connectivity index (χ2v) is 9.70. The minimum Gasteiger partial charge on any atom is -0.460 e. The molecule has 0 aliphatic heterocycles. The third-order valence-electron chi connectivity index (χ3n) is 3.88. The largest absolute Gasteiger partial charge is 0.460 e. The van der Waals surface area contributed by atoms with E-state index in [1.807, 2.05) is 20.8 Å². The van der Waals surface area contributed by atoms with Gasteiger partial charge in [-0.15, -0.1) is 0 Å². The maximum atomic E-state index is 12.1. The van der Waals surface area contributed by atoms with Crippen LogP contribution in [-0.2, 0) is 38.5 Å². The Morgan fingerprint density at radius 1 is 0.882 bits per heavy atom. The molecule has 0 saturated carbocycles. The van der Waals surface area contributed by atoms with Gasteiger partial charge in [0.05, 0.1) is 69.1 Å². The van der Waals surface area contributed by atoms with Crippen molar-refractivity contribution in [3.63, 3.8) is 0 Å². The van der Waals surface area contributed by atoms with E-state index in [2.05, 4.69) is 4.72 Å². The number of ether oxygens (including phenoxy) is 5. The number of sulfonamides is 1. The Morgan fingerprint density at radius 2 is 1.35 bits per heavy atom. The van der Waals surface area contributed by atoms with E-state index in [1.165, 1.54) is 12.1 Å². The van der Waals surface area contributed by atoms with Crippen molar-refractivity contribution in [1.82, 2.24) is 4.72 Å². The van der Waals surface area contributed by atoms with Crippen molar-refractivity contribution in [1.29, 1.82) is 0 Å². The van der Waals surface area contributed by atoms with Crippen LogP contribution in [0.1, 0.15) is 27.2 Å². The van der Waals surface area contributed by atoms with Gasteiger partial charge in [0.25, 0.3) is 5.69 Å². The molecule has 1 aromatic rings. The molecule has 0 atom stereocenters. The lowest BCUT2D eigenvalue weighted by Gasteiger charge is -2.19. The highest BCUT2D eigenvalue weighted by Crippen LogP contribution is 2.15. The summed E-state index contributed by atoms with van der Waals surface area (Å²) in [5, 5.41) is 10.6. The van der Waals surface area contributed by atoms with Crippen molar-refractivity contribution >= 4 is 21.7 Å². The van der Waals surface area contributed by atoms with E-state index >= 15 is 0 Å². The first kappa shape index (κ1) is 29.9. The Kier molecular flexibility index (Phi) is 13.8. The van der Waals surface area contributed by atoms with Crippen molar-refractivity contribution in [3.8, 4) is 0 Å². The normalized spacial score (nSPS) is 12.0. The molecule has 0 spiro atoms. The predicted octanol–water partition coefficient (Wildman–Crippen LogP) is 1.67. The molecule has 13 heteroatoms. The molecule has 1 aromatic carbocycles. The molecule has 0 aliphatic carbocycles. The number of rotatable bonds is 18. The van der Waals surface area contributed by atoms with Gasteiger partial charge in [0, 0.05) is 18.7 Å². The van der Waals surface area contributed by atoms with Crippen LogP contribution < -0.4 is 4.72 Å². The van der Waals surface area contributed by atoms with E-state index in [4.69, 9.17) is 23.7 Å². The molecule has 0 heterocycles. The van der Waals surface area contributed by atoms with E-state index in [1.54, 1.807) is 0 Å². The minimum atomic E-state index is -3.76. The number of esters is 1. The summed E-state index contributed by atoms with van der Waals surface area (Å²) in [7, 11) is -3.76. The maximum absolute atomic E-state index is 12.1. The number of benzene rings is 1. The number of carbonyl (C=O) groups excluding carboxylic acids is 1. The van der Waals surface area contributed by atoms with Crippen molar-refractivity contribution in [3.05, 3.63) is 34.4 Å². The Morgan fingerprint density at radius 3 is 1.82 bits per heavy atom. The smallest absolute Gasteiger partial charge is 0.308 e. The van der Waals surface area contributed by atoms with Crippen molar-refractivity contribution < 1.29 is 41.8 Å². The molecule has 1 rings (SSSR count). The van der Waals surface area contributed by atoms with Crippen LogP contribution in [0.5, 0.6) is 0 Å². The quantitative estimate of drug-likeness (QED) is 0.135. The minimum absolute atomic E-state index is 0.0519. The van der Waals surface area contributed by atoms with Crippen LogP contribution in [0, 0.1) is 10.1 Å². The third-order valence-corrected chi connectivity index (χ3v) is 5.36. The lowest BCUT2D eigenvalue weighted by Crippen LogP contribution is -2.27. The Bertz CT molecular complexity index is 838. The summed E-state index contributed by atoms with van der Waals surface area (Å²) in [6.45, 7) is 8.00. The average Bonchev–Trinajstić information content (AvgIpc) is 2.75. The highest BCUT2D eigenvalue weighted by Gasteiger charge is 2.16. The standard InChI is InChI=1S/C21H34N2O10S/c1-21(2,3)33-20(24)8-10-29-12-14-31-16-17-32-15-13-30-11-9-22-34(27,28)19-6-4-18(5-7-19)23(25)26/h4-7,22H,8-17H2,1-3H3. The molecular weight excluding hydrogens is 472 g/mol. The molecule has 0 saturated heterocycles. The second kappa shape index (κ2) is 15.7. The van der Waals surface area contributed by atoms with Crippen molar-refractivity contribution in [2.45, 2.75) is 37.7 Å². The zero-order valence-corrected chi connectivity index (χ0v) is 20.6. The summed E-state index contributed by atoms with van der Waals surface area (Å²) < 4.78 is 53.0. The molecule has 34 heavy (non-hydrogen) atoms. The second-order valence-electron chi connectivity index (χ2n) is 7.93. The molecular formula is C21H34N2O10S. The fourth-order valence-electron chi connectivity index (χ4n) is 2.39. The van der Waals surface area contributed by atoms with Gasteiger partial charge in [-0.3, -0.25) is 14.9 Å². The number of carbonyl (C=O) groups is 1. The number of nitrogens with one attached hydrogen (secondary N) is 1. The van der Waals surface area contributed by atoms with Crippen LogP contribution in [0.25, 0.3) is 0 Å². The van der Waals surface area contributed by atoms with Gasteiger partial charge in [-0.1, -0.05) is 0 Å². The van der Waals surface area contributed by atoms with Gasteiger partial charge >= 0.3 is 5.97 Å². The van der Waals surface area contributed by atoms with Gasteiger partial charge in [-0.05, 0) is 32.9 Å². The molecule has 12 nitrogen and oxygen atoms in total. The molecule has 0 bridgehead atoms. The van der Waals surface area contributed by atoms with Crippen LogP contribution in [0.3, 0.4) is 0 Å². The molecule has 0 aromatic heterocycles. The average molecular weight is 507 g/mol. The SMILES string of the molecule is CC(C)(C)OC(=O)CCOCCOCCOCCOCCNS(=O)(=O)c1ccc([N+](=O)[O-])cc1. The fraction of sp³-hybridized carbons (Fsp3) is 0.667. The third kappa shape index (κ3) is 14.2. The highest BCUT2D eigenvalue weighted by molar-refractivity contribution is 7.89. The van der Waals surface area contributed by atoms with E-state index in [-0.39, 0.29) is 49.3 Å². The molecule has 0 amide bonds. The van der Waals surface area contributed by atoms with Gasteiger partial charge in [-0.25, -0.2) is 13.1 Å². The molecule has 0 radical (unpaired) electrons. The van der Waals surface area contributed by atoms with Crippen LogP contribution in [0.4, 0.5) is 5.69 Å². The summed E-state index contributed by atoms with van der Waals surface area (Å²) >= 11 is 0. The van der Waals surface area contributed by atoms with Gasteiger partial charge < -0.3 is 23.7 Å². The monoisotopic (exact) mass is 506 g/mol. The maximum Gasteiger partial charge on any atom is 0.308 e. The van der Waals surface area contributed by atoms with Crippen molar-refractivity contribution in [2.24, 2.45) is 0 Å². The van der Waals surface area contributed by atoms with E-state index in [9.17, 15) is 23.3 Å². The van der Waals surface area contributed by atoms with Gasteiger partial charge in [0.15, 0.2) is 0 Å². The van der Waals surface area contributed by atoms with Crippen LogP contribution in [0.15, 0.2) is 29.2 Å². The first-order valence-corrected chi connectivity index (χ1v) is 12.3. The molecule has 194 valence electrons. The molecule has 0 unspecified atom stereocenters. The molecule has 0 fully saturated rings. The first-order valence-electron chi connectivity index (χ1n) is 10.8. The zero-order valence-electron chi connectivity index (χ0n) is 19.8. The van der Waals surface area contributed by atoms with E-state index in [0.29, 0.717) is 33.0 Å². The van der Waals surface area contributed by atoms with Gasteiger partial charge in [0.1, 0.15) is 5.60 Å². The molecule has 0 aliphatic rings. The Labute approximate surface area is 200 Å². The summed E-state index contributed by atoms with van der Waals surface area (Å²) in [6, 6.07) is 4.61. The zero-order chi connectivity index (χ0) is 25.5. The number of nitro groups is 1. The van der Waals surface area contributed by atoms with E-state index < -0.39 is 20.5 Å². The lowest BCUT2D eigenvalue weighted by atomic mass is 10.2. The highest BCUT2D eigenvalue weighted by atomic mass is 32.2. The molecule has 1 N–H and O–H groups in total. The van der Waals surface area contributed by atoms with Crippen molar-refractivity contribution in [2.75, 3.05) is 59.4 Å². The lowest BCUT2D eigenvalue weighted by molar-refractivity contribution is -0.384. The van der Waals surface area contributed by atoms with Crippen LogP contribution >= 0.6 is 0 Å². The number of hydrogen-bond acceptors (Lipinski definition) is 10. The van der Waals surface area contributed by atoms with Crippen LogP contribution in [-0.4, -0.2) is 84.3 Å². The van der Waals surface area contributed by atoms with E-state index in [0.717, 1.165) is 12.1 Å². The predicted molar refractivity (Wildman–Crippen MR) is 122 cm³/mol. The summed E-state index contributed by atoms with van der Waals surface area (Å²) in [4.78, 5) is 21.5.